The molecule has 2 heterocycles. The van der Waals surface area contributed by atoms with Gasteiger partial charge in [-0.3, -0.25) is 9.69 Å². The standard InChI is InChI=1S/C17H22N4O2/c18-15-10-20(9-14(15)11-4-5-11)16(22)12-2-1-3-13(8-12)21-7-6-19-17(21)23/h1-3,8,11,14-15H,4-7,9-10,18H2,(H,19,23)/t14-,15+/m0/s1. The minimum Gasteiger partial charge on any atom is -0.337 e. The van der Waals surface area contributed by atoms with Crippen molar-refractivity contribution < 1.29 is 9.59 Å². The second-order valence-electron chi connectivity index (χ2n) is 6.81. The average Bonchev–Trinajstić information content (AvgIpc) is 3.19. The van der Waals surface area contributed by atoms with Crippen LogP contribution in [0, 0.1) is 11.8 Å². The number of carbonyl (C=O) groups excluding carboxylic acids is 2. The second-order valence-corrected chi connectivity index (χ2v) is 6.81. The molecule has 122 valence electrons. The van der Waals surface area contributed by atoms with Gasteiger partial charge in [0.05, 0.1) is 0 Å². The van der Waals surface area contributed by atoms with E-state index in [1.165, 1.54) is 12.8 Å². The number of hydrogen-bond donors (Lipinski definition) is 2. The molecule has 1 aromatic rings. The number of hydrogen-bond acceptors (Lipinski definition) is 3. The summed E-state index contributed by atoms with van der Waals surface area (Å²) in [6.07, 6.45) is 2.50. The number of nitrogens with zero attached hydrogens (tertiary/aromatic N) is 2. The normalized spacial score (nSPS) is 27.4. The number of anilines is 1. The molecule has 23 heavy (non-hydrogen) atoms. The van der Waals surface area contributed by atoms with Crippen molar-refractivity contribution in [3.63, 3.8) is 0 Å². The van der Waals surface area contributed by atoms with E-state index in [1.807, 2.05) is 29.2 Å². The van der Waals surface area contributed by atoms with Crippen LogP contribution in [0.2, 0.25) is 0 Å². The van der Waals surface area contributed by atoms with Crippen molar-refractivity contribution >= 4 is 17.6 Å². The molecule has 0 aromatic heterocycles. The molecule has 3 fully saturated rings. The molecule has 2 aliphatic heterocycles. The summed E-state index contributed by atoms with van der Waals surface area (Å²) in [6, 6.07) is 7.32. The van der Waals surface area contributed by atoms with Gasteiger partial charge in [-0.2, -0.15) is 0 Å². The van der Waals surface area contributed by atoms with Gasteiger partial charge in [0.15, 0.2) is 0 Å². The Morgan fingerprint density at radius 3 is 2.78 bits per heavy atom. The Bertz CT molecular complexity index is 643. The number of urea groups is 1. The van der Waals surface area contributed by atoms with Crippen LogP contribution in [-0.2, 0) is 0 Å². The molecule has 4 rings (SSSR count). The first kappa shape index (κ1) is 14.5. The van der Waals surface area contributed by atoms with Crippen LogP contribution in [0.1, 0.15) is 23.2 Å². The van der Waals surface area contributed by atoms with Crippen molar-refractivity contribution in [2.75, 3.05) is 31.1 Å². The minimum absolute atomic E-state index is 0.0186. The third-order valence-corrected chi connectivity index (χ3v) is 5.19. The summed E-state index contributed by atoms with van der Waals surface area (Å²) >= 11 is 0. The highest BCUT2D eigenvalue weighted by molar-refractivity contribution is 5.98. The summed E-state index contributed by atoms with van der Waals surface area (Å²) < 4.78 is 0. The zero-order chi connectivity index (χ0) is 16.0. The molecule has 3 amide bonds. The van der Waals surface area contributed by atoms with E-state index in [0.717, 1.165) is 12.2 Å². The van der Waals surface area contributed by atoms with Gasteiger partial charge in [-0.25, -0.2) is 4.79 Å². The Kier molecular flexibility index (Phi) is 3.49. The Balaban J connectivity index is 1.51. The maximum absolute atomic E-state index is 12.8. The van der Waals surface area contributed by atoms with Crippen LogP contribution in [0.4, 0.5) is 10.5 Å². The Morgan fingerprint density at radius 2 is 2.09 bits per heavy atom. The van der Waals surface area contributed by atoms with Crippen molar-refractivity contribution in [1.29, 1.82) is 0 Å². The number of nitrogens with two attached hydrogens (primary N) is 1. The van der Waals surface area contributed by atoms with E-state index in [-0.39, 0.29) is 18.0 Å². The molecule has 6 nitrogen and oxygen atoms in total. The maximum atomic E-state index is 12.8. The fraction of sp³-hybridized carbons (Fsp3) is 0.529. The molecule has 1 saturated carbocycles. The predicted octanol–water partition coefficient (Wildman–Crippen LogP) is 1.03. The molecular weight excluding hydrogens is 292 g/mol. The van der Waals surface area contributed by atoms with Gasteiger partial charge in [0.25, 0.3) is 5.91 Å². The van der Waals surface area contributed by atoms with Crippen LogP contribution < -0.4 is 16.0 Å². The zero-order valence-corrected chi connectivity index (χ0v) is 13.1. The number of rotatable bonds is 3. The largest absolute Gasteiger partial charge is 0.337 e. The predicted molar refractivity (Wildman–Crippen MR) is 87.3 cm³/mol. The summed E-state index contributed by atoms with van der Waals surface area (Å²) in [5.74, 6) is 1.18. The summed E-state index contributed by atoms with van der Waals surface area (Å²) in [7, 11) is 0. The fourth-order valence-corrected chi connectivity index (χ4v) is 3.75. The summed E-state index contributed by atoms with van der Waals surface area (Å²) in [6.45, 7) is 2.67. The number of likely N-dealkylation sites (tertiary alicyclic amines) is 1. The van der Waals surface area contributed by atoms with E-state index in [9.17, 15) is 9.59 Å². The van der Waals surface area contributed by atoms with E-state index in [0.29, 0.717) is 37.0 Å². The van der Waals surface area contributed by atoms with Crippen molar-refractivity contribution in [3.05, 3.63) is 29.8 Å². The number of amides is 3. The van der Waals surface area contributed by atoms with Crippen LogP contribution in [-0.4, -0.2) is 49.1 Å². The fourth-order valence-electron chi connectivity index (χ4n) is 3.75. The number of benzene rings is 1. The van der Waals surface area contributed by atoms with Gasteiger partial charge in [0.1, 0.15) is 0 Å². The van der Waals surface area contributed by atoms with Gasteiger partial charge in [0.2, 0.25) is 0 Å². The van der Waals surface area contributed by atoms with Crippen molar-refractivity contribution in [1.82, 2.24) is 10.2 Å². The lowest BCUT2D eigenvalue weighted by molar-refractivity contribution is 0.0785. The smallest absolute Gasteiger partial charge is 0.321 e. The van der Waals surface area contributed by atoms with E-state index >= 15 is 0 Å². The van der Waals surface area contributed by atoms with Crippen LogP contribution in [0.15, 0.2) is 24.3 Å². The lowest BCUT2D eigenvalue weighted by Gasteiger charge is -2.19. The molecule has 1 aromatic carbocycles. The second kappa shape index (κ2) is 5.53. The molecule has 0 radical (unpaired) electrons. The molecule has 6 heteroatoms. The topological polar surface area (TPSA) is 78.7 Å². The van der Waals surface area contributed by atoms with E-state index in [2.05, 4.69) is 5.32 Å². The highest BCUT2D eigenvalue weighted by Crippen LogP contribution is 2.41. The molecule has 0 bridgehead atoms. The molecule has 3 N–H and O–H groups in total. The lowest BCUT2D eigenvalue weighted by Crippen LogP contribution is -2.33. The van der Waals surface area contributed by atoms with Crippen LogP contribution >= 0.6 is 0 Å². The quantitative estimate of drug-likeness (QED) is 0.874. The van der Waals surface area contributed by atoms with E-state index < -0.39 is 0 Å². The van der Waals surface area contributed by atoms with Gasteiger partial charge in [-0.1, -0.05) is 6.07 Å². The first-order chi connectivity index (χ1) is 11.1. The van der Waals surface area contributed by atoms with E-state index in [4.69, 9.17) is 5.73 Å². The molecular formula is C17H22N4O2. The Labute approximate surface area is 135 Å². The van der Waals surface area contributed by atoms with Crippen LogP contribution in [0.25, 0.3) is 0 Å². The summed E-state index contributed by atoms with van der Waals surface area (Å²) in [4.78, 5) is 28.1. The Morgan fingerprint density at radius 1 is 1.26 bits per heavy atom. The minimum atomic E-state index is -0.105. The van der Waals surface area contributed by atoms with Gasteiger partial charge in [-0.15, -0.1) is 0 Å². The molecule has 2 atom stereocenters. The van der Waals surface area contributed by atoms with Crippen LogP contribution in [0.3, 0.4) is 0 Å². The number of nitrogens with one attached hydrogen (secondary N) is 1. The van der Waals surface area contributed by atoms with Gasteiger partial charge in [-0.05, 0) is 42.9 Å². The van der Waals surface area contributed by atoms with Crippen LogP contribution in [0.5, 0.6) is 0 Å². The average molecular weight is 314 g/mol. The molecule has 0 spiro atoms. The van der Waals surface area contributed by atoms with E-state index in [1.54, 1.807) is 4.90 Å². The van der Waals surface area contributed by atoms with Crippen molar-refractivity contribution in [2.24, 2.45) is 17.6 Å². The maximum Gasteiger partial charge on any atom is 0.321 e. The summed E-state index contributed by atoms with van der Waals surface area (Å²) in [5, 5.41) is 2.78. The number of carbonyl (C=O) groups is 2. The summed E-state index contributed by atoms with van der Waals surface area (Å²) in [5.41, 5.74) is 7.62. The highest BCUT2D eigenvalue weighted by atomic mass is 16.2. The van der Waals surface area contributed by atoms with Crippen molar-refractivity contribution in [2.45, 2.75) is 18.9 Å². The highest BCUT2D eigenvalue weighted by Gasteiger charge is 2.42. The van der Waals surface area contributed by atoms with Gasteiger partial charge < -0.3 is 16.0 Å². The molecule has 1 aliphatic carbocycles. The first-order valence-corrected chi connectivity index (χ1v) is 8.34. The third-order valence-electron chi connectivity index (χ3n) is 5.19. The molecule has 2 saturated heterocycles. The zero-order valence-electron chi connectivity index (χ0n) is 13.1. The van der Waals surface area contributed by atoms with Gasteiger partial charge in [0, 0.05) is 43.5 Å². The van der Waals surface area contributed by atoms with Crippen molar-refractivity contribution in [3.8, 4) is 0 Å². The Hall–Kier alpha value is -2.08. The van der Waals surface area contributed by atoms with Gasteiger partial charge >= 0.3 is 6.03 Å². The molecule has 3 aliphatic rings. The third kappa shape index (κ3) is 2.67. The lowest BCUT2D eigenvalue weighted by atomic mass is 9.99. The SMILES string of the molecule is N[C@@H]1CN(C(=O)c2cccc(N3CCNC3=O)c2)C[C@H]1C1CC1. The monoisotopic (exact) mass is 314 g/mol. The molecule has 0 unspecified atom stereocenters. The first-order valence-electron chi connectivity index (χ1n) is 8.34.